The summed E-state index contributed by atoms with van der Waals surface area (Å²) < 4.78 is 10.2. The van der Waals surface area contributed by atoms with Gasteiger partial charge in [-0.1, -0.05) is 187 Å². The lowest BCUT2D eigenvalue weighted by atomic mass is 9.34. The molecule has 7 heterocycles. The van der Waals surface area contributed by atoms with E-state index in [0.717, 1.165) is 39.5 Å². The highest BCUT2D eigenvalue weighted by Gasteiger charge is 2.43. The highest BCUT2D eigenvalue weighted by Crippen LogP contribution is 2.47. The maximum atomic E-state index is 5.60. The molecule has 0 N–H and O–H groups in total. The topological polar surface area (TPSA) is 45.5 Å². The van der Waals surface area contributed by atoms with E-state index in [-0.39, 0.29) is 17.5 Å². The molecule has 6 nitrogen and oxygen atoms in total. The number of hydrogen-bond acceptors (Lipinski definition) is 2. The molecular formula is C78H57BN6. The first-order valence-corrected chi connectivity index (χ1v) is 29.8. The lowest BCUT2D eigenvalue weighted by Gasteiger charge is -2.36. The molecule has 18 rings (SSSR count). The van der Waals surface area contributed by atoms with E-state index in [9.17, 15) is 0 Å². The standard InChI is InChI=1S/C78H57BN6/c1-77(2,3)49-37-59-57-43-67-55(53-31-19-21-33-65(53)82(67)51-27-15-9-16-28-51)41-69(57)84-71-35-48(64-45-63(46-23-11-7-12-24-46)80-76(81-64)47-25-13-8-14-26-47)36-72-73(71)79(61(39-49)74(59)84)62-40-50(78(4,5)6)38-60-58-44-68-56(42-70(58)85(72)75(60)62)54-32-20-22-34-66(54)83(68)52-29-17-10-18-30-52/h7-45H,1-6H3. The van der Waals surface area contributed by atoms with Gasteiger partial charge in [-0.25, -0.2) is 9.97 Å². The van der Waals surface area contributed by atoms with E-state index in [1.165, 1.54) is 126 Å². The van der Waals surface area contributed by atoms with Crippen LogP contribution < -0.4 is 16.4 Å². The highest BCUT2D eigenvalue weighted by molar-refractivity contribution is 7.00. The van der Waals surface area contributed by atoms with Gasteiger partial charge in [-0.3, -0.25) is 0 Å². The summed E-state index contributed by atoms with van der Waals surface area (Å²) in [5.74, 6) is 0.693. The molecule has 402 valence electrons. The fourth-order valence-corrected chi connectivity index (χ4v) is 14.8. The van der Waals surface area contributed by atoms with E-state index in [4.69, 9.17) is 9.97 Å². The average Bonchev–Trinajstić information content (AvgIpc) is 1.70. The zero-order valence-electron chi connectivity index (χ0n) is 48.3. The molecule has 0 saturated carbocycles. The molecule has 0 fully saturated rings. The van der Waals surface area contributed by atoms with Crippen molar-refractivity contribution >= 4 is 110 Å². The lowest BCUT2D eigenvalue weighted by molar-refractivity contribution is 0.591. The first-order valence-electron chi connectivity index (χ1n) is 29.8. The molecule has 0 unspecified atom stereocenters. The molecule has 85 heavy (non-hydrogen) atoms. The Labute approximate surface area is 492 Å². The Hall–Kier alpha value is -10.2. The van der Waals surface area contributed by atoms with E-state index in [1.54, 1.807) is 0 Å². The van der Waals surface area contributed by atoms with Gasteiger partial charge in [0.15, 0.2) is 5.82 Å². The molecule has 2 aliphatic rings. The van der Waals surface area contributed by atoms with Crippen LogP contribution in [0, 0.1) is 0 Å². The van der Waals surface area contributed by atoms with Crippen molar-refractivity contribution in [1.29, 1.82) is 0 Å². The predicted octanol–water partition coefficient (Wildman–Crippen LogP) is 17.6. The van der Waals surface area contributed by atoms with Gasteiger partial charge in [-0.15, -0.1) is 0 Å². The van der Waals surface area contributed by atoms with Crippen LogP contribution in [0.4, 0.5) is 0 Å². The van der Waals surface area contributed by atoms with E-state index in [1.807, 2.05) is 0 Å². The molecule has 2 aliphatic heterocycles. The number of rotatable bonds is 5. The van der Waals surface area contributed by atoms with Crippen LogP contribution in [0.3, 0.4) is 0 Å². The maximum absolute atomic E-state index is 5.60. The number of aromatic nitrogens is 6. The van der Waals surface area contributed by atoms with Crippen molar-refractivity contribution in [3.8, 4) is 56.7 Å². The molecule has 0 aliphatic carbocycles. The minimum atomic E-state index is -0.150. The van der Waals surface area contributed by atoms with Gasteiger partial charge < -0.3 is 18.3 Å². The third kappa shape index (κ3) is 6.83. The van der Waals surface area contributed by atoms with Crippen LogP contribution >= 0.6 is 0 Å². The van der Waals surface area contributed by atoms with Crippen molar-refractivity contribution in [3.05, 3.63) is 248 Å². The van der Waals surface area contributed by atoms with E-state index in [0.29, 0.717) is 5.82 Å². The SMILES string of the molecule is CC(C)(C)c1cc2c3c(c1)c1cc4c(cc1n3-c1cc(-c3cc(-c5ccccc5)nc(-c5ccccc5)n3)cc3c1B2c1cc(C(C)(C)C)cc2c5cc6c(cc5n-3c12)c1ccccc1n6-c1ccccc1)c1ccccc1n4-c1ccccc1. The largest absolute Gasteiger partial charge is 0.310 e. The normalized spacial score (nSPS) is 13.0. The first-order chi connectivity index (χ1) is 41.4. The minimum absolute atomic E-state index is 0.103. The zero-order valence-corrected chi connectivity index (χ0v) is 48.3. The van der Waals surface area contributed by atoms with Crippen LogP contribution in [0.15, 0.2) is 237 Å². The molecule has 0 bridgehead atoms. The number of fused-ring (bicyclic) bond motifs is 16. The quantitative estimate of drug-likeness (QED) is 0.161. The molecule has 0 amide bonds. The lowest BCUT2D eigenvalue weighted by Crippen LogP contribution is -2.59. The van der Waals surface area contributed by atoms with Crippen LogP contribution in [0.2, 0.25) is 0 Å². The first kappa shape index (κ1) is 48.3. The van der Waals surface area contributed by atoms with Crippen molar-refractivity contribution in [1.82, 2.24) is 28.2 Å². The fourth-order valence-electron chi connectivity index (χ4n) is 14.8. The van der Waals surface area contributed by atoms with Crippen molar-refractivity contribution in [3.63, 3.8) is 0 Å². The van der Waals surface area contributed by atoms with Gasteiger partial charge in [0.25, 0.3) is 6.71 Å². The monoisotopic (exact) mass is 1090 g/mol. The van der Waals surface area contributed by atoms with Crippen molar-refractivity contribution in [2.75, 3.05) is 0 Å². The van der Waals surface area contributed by atoms with Crippen LogP contribution in [-0.4, -0.2) is 34.9 Å². The summed E-state index contributed by atoms with van der Waals surface area (Å²) >= 11 is 0. The molecular weight excluding hydrogens is 1030 g/mol. The van der Waals surface area contributed by atoms with Gasteiger partial charge >= 0.3 is 0 Å². The minimum Gasteiger partial charge on any atom is -0.310 e. The van der Waals surface area contributed by atoms with Gasteiger partial charge in [0, 0.05) is 93.6 Å². The van der Waals surface area contributed by atoms with Gasteiger partial charge in [-0.05, 0) is 129 Å². The second-order valence-corrected chi connectivity index (χ2v) is 25.8. The van der Waals surface area contributed by atoms with E-state index < -0.39 is 0 Å². The van der Waals surface area contributed by atoms with Gasteiger partial charge in [0.1, 0.15) is 0 Å². The van der Waals surface area contributed by atoms with Crippen LogP contribution in [0.25, 0.3) is 144 Å². The number of para-hydroxylation sites is 4. The second kappa shape index (κ2) is 17.2. The Morgan fingerprint density at radius 2 is 0.682 bits per heavy atom. The van der Waals surface area contributed by atoms with Crippen molar-refractivity contribution in [2.45, 2.75) is 52.4 Å². The molecule has 0 spiro atoms. The van der Waals surface area contributed by atoms with Crippen LogP contribution in [0.1, 0.15) is 52.7 Å². The fraction of sp³-hybridized carbons (Fsp3) is 0.103. The summed E-state index contributed by atoms with van der Waals surface area (Å²) in [6.45, 7) is 14.2. The second-order valence-electron chi connectivity index (χ2n) is 25.8. The Morgan fingerprint density at radius 1 is 0.306 bits per heavy atom. The molecule has 16 aromatic rings. The predicted molar refractivity (Wildman–Crippen MR) is 358 cm³/mol. The van der Waals surface area contributed by atoms with Crippen LogP contribution in [0.5, 0.6) is 0 Å². The Kier molecular flexibility index (Phi) is 9.77. The summed E-state index contributed by atoms with van der Waals surface area (Å²) in [6, 6.07) is 88.1. The molecule has 5 aromatic heterocycles. The third-order valence-corrected chi connectivity index (χ3v) is 18.8. The highest BCUT2D eigenvalue weighted by atomic mass is 15.1. The van der Waals surface area contributed by atoms with E-state index >= 15 is 0 Å². The Morgan fingerprint density at radius 3 is 1.13 bits per heavy atom. The average molecular weight is 1090 g/mol. The zero-order chi connectivity index (χ0) is 56.8. The summed E-state index contributed by atoms with van der Waals surface area (Å²) in [5.41, 5.74) is 25.5. The molecule has 0 saturated heterocycles. The smallest absolute Gasteiger partial charge is 0.252 e. The van der Waals surface area contributed by atoms with Crippen molar-refractivity contribution < 1.29 is 0 Å². The van der Waals surface area contributed by atoms with Gasteiger partial charge in [0.05, 0.1) is 44.5 Å². The van der Waals surface area contributed by atoms with Gasteiger partial charge in [-0.2, -0.15) is 0 Å². The van der Waals surface area contributed by atoms with Crippen molar-refractivity contribution in [2.24, 2.45) is 0 Å². The molecule has 11 aromatic carbocycles. The summed E-state index contributed by atoms with van der Waals surface area (Å²) in [5, 5.41) is 9.93. The third-order valence-electron chi connectivity index (χ3n) is 18.8. The van der Waals surface area contributed by atoms with E-state index in [2.05, 4.69) is 296 Å². The summed E-state index contributed by atoms with van der Waals surface area (Å²) in [6.07, 6.45) is 0. The van der Waals surface area contributed by atoms with Gasteiger partial charge in [0.2, 0.25) is 0 Å². The summed E-state index contributed by atoms with van der Waals surface area (Å²) in [7, 11) is 0. The maximum Gasteiger partial charge on any atom is 0.252 e. The molecule has 0 atom stereocenters. The number of nitrogens with zero attached hydrogens (tertiary/aromatic N) is 6. The molecule has 0 radical (unpaired) electrons. The molecule has 7 heteroatoms. The number of hydrogen-bond donors (Lipinski definition) is 0. The summed E-state index contributed by atoms with van der Waals surface area (Å²) in [4.78, 5) is 10.9. The Bertz CT molecular complexity index is 5200. The number of benzene rings is 11. The Balaban J connectivity index is 1.04. The van der Waals surface area contributed by atoms with Crippen LogP contribution in [-0.2, 0) is 10.8 Å².